The fourth-order valence-electron chi connectivity index (χ4n) is 2.36. The van der Waals surface area contributed by atoms with Gasteiger partial charge in [-0.2, -0.15) is 0 Å². The monoisotopic (exact) mass is 487 g/mol. The third-order valence-corrected chi connectivity index (χ3v) is 3.26. The summed E-state index contributed by atoms with van der Waals surface area (Å²) < 4.78 is 0. The van der Waals surface area contributed by atoms with Gasteiger partial charge in [0.1, 0.15) is 0 Å². The summed E-state index contributed by atoms with van der Waals surface area (Å²) in [5.74, 6) is 0.460. The van der Waals surface area contributed by atoms with Crippen LogP contribution in [0.1, 0.15) is 38.8 Å². The van der Waals surface area contributed by atoms with E-state index in [1.54, 1.807) is 18.3 Å². The van der Waals surface area contributed by atoms with E-state index in [-0.39, 0.29) is 32.4 Å². The van der Waals surface area contributed by atoms with E-state index in [2.05, 4.69) is 29.9 Å². The molecule has 0 fully saturated rings. The van der Waals surface area contributed by atoms with E-state index < -0.39 is 0 Å². The molecule has 1 aliphatic heterocycles. The van der Waals surface area contributed by atoms with Crippen LogP contribution in [0.15, 0.2) is 22.8 Å². The number of amides is 1. The maximum atomic E-state index is 12.7. The zero-order valence-corrected chi connectivity index (χ0v) is 16.4. The van der Waals surface area contributed by atoms with Crippen molar-refractivity contribution < 1.29 is 31.3 Å². The number of pyridine rings is 1. The molecule has 0 saturated heterocycles. The van der Waals surface area contributed by atoms with Gasteiger partial charge in [0.25, 0.3) is 0 Å². The second kappa shape index (κ2) is 10.3. The van der Waals surface area contributed by atoms with Gasteiger partial charge in [0.15, 0.2) is 0 Å². The van der Waals surface area contributed by atoms with Gasteiger partial charge in [-0.3, -0.25) is 9.78 Å². The van der Waals surface area contributed by atoms with Crippen LogP contribution >= 0.6 is 0 Å². The second-order valence-corrected chi connectivity index (χ2v) is 5.08. The van der Waals surface area contributed by atoms with Crippen LogP contribution in [0.4, 0.5) is 5.69 Å². The number of fused-ring (bicyclic) bond motifs is 1. The minimum absolute atomic E-state index is 0. The molecular formula is C16H23N4O2W-. The van der Waals surface area contributed by atoms with Crippen LogP contribution in [0.3, 0.4) is 0 Å². The van der Waals surface area contributed by atoms with E-state index in [0.29, 0.717) is 29.2 Å². The number of amidine groups is 1. The quantitative estimate of drug-likeness (QED) is 0.637. The zero-order valence-electron chi connectivity index (χ0n) is 13.5. The number of carbonyl (C=O) groups is 1. The van der Waals surface area contributed by atoms with Crippen molar-refractivity contribution >= 4 is 23.5 Å². The van der Waals surface area contributed by atoms with Gasteiger partial charge in [0.2, 0.25) is 5.91 Å². The summed E-state index contributed by atoms with van der Waals surface area (Å²) in [4.78, 5) is 23.1. The molecule has 1 aromatic heterocycles. The third kappa shape index (κ3) is 5.56. The first-order chi connectivity index (χ1) is 10.2. The molecule has 1 aliphatic rings. The molecule has 4 N–H and O–H groups in total. The number of hydrogen-bond donors (Lipinski definition) is 1. The Labute approximate surface area is 151 Å². The van der Waals surface area contributed by atoms with Gasteiger partial charge in [-0.1, -0.05) is 25.7 Å². The van der Waals surface area contributed by atoms with Crippen LogP contribution in [0.5, 0.6) is 0 Å². The van der Waals surface area contributed by atoms with E-state index in [0.717, 1.165) is 25.9 Å². The minimum atomic E-state index is 0. The number of carbonyl (C=O) groups excluding carboxylic acids is 1. The Morgan fingerprint density at radius 1 is 1.35 bits per heavy atom. The van der Waals surface area contributed by atoms with Crippen molar-refractivity contribution in [3.05, 3.63) is 29.6 Å². The van der Waals surface area contributed by atoms with Crippen molar-refractivity contribution in [3.8, 4) is 0 Å². The summed E-state index contributed by atoms with van der Waals surface area (Å²) in [7, 11) is 0. The predicted octanol–water partition coefficient (Wildman–Crippen LogP) is 1.48. The Balaban J connectivity index is 0.00000242. The summed E-state index contributed by atoms with van der Waals surface area (Å²) in [5, 5.41) is 0. The summed E-state index contributed by atoms with van der Waals surface area (Å²) in [5.41, 5.74) is 7.91. The molecule has 0 saturated carbocycles. The van der Waals surface area contributed by atoms with Crippen molar-refractivity contribution in [2.45, 2.75) is 33.1 Å². The summed E-state index contributed by atoms with van der Waals surface area (Å²) in [6.45, 7) is 5.65. The second-order valence-electron chi connectivity index (χ2n) is 5.08. The maximum Gasteiger partial charge on any atom is 0.250 e. The first kappa shape index (κ1) is 21.5. The van der Waals surface area contributed by atoms with Crippen molar-refractivity contribution in [1.82, 2.24) is 9.88 Å². The summed E-state index contributed by atoms with van der Waals surface area (Å²) in [6, 6.07) is 4.61. The van der Waals surface area contributed by atoms with Crippen LogP contribution < -0.4 is 5.73 Å². The molecule has 126 valence electrons. The van der Waals surface area contributed by atoms with E-state index in [9.17, 15) is 4.79 Å². The third-order valence-electron chi connectivity index (χ3n) is 3.26. The number of aliphatic imine (C=N–C) groups is 1. The molecule has 23 heavy (non-hydrogen) atoms. The predicted molar refractivity (Wildman–Crippen MR) is 87.7 cm³/mol. The topological polar surface area (TPSA) is 103 Å². The first-order valence-electron chi connectivity index (χ1n) is 7.34. The van der Waals surface area contributed by atoms with Crippen LogP contribution in [-0.2, 0) is 25.9 Å². The molecule has 2 rings (SSSR count). The largest absolute Gasteiger partial charge is 0.412 e. The standard InChI is InChI=1S/C16H21N4O.H2O.W/c1-3-8-20(9-4-2)16(21)12-10-14-13(6-5-7-18-14)19-15(17)11-12;;/h6-7,10H,3-4,8-9,11H2,1-2H3,(H2,17,19);1H2;/q-1;;. The molecule has 0 atom stereocenters. The van der Waals surface area contributed by atoms with Crippen LogP contribution in [0, 0.1) is 6.07 Å². The van der Waals surface area contributed by atoms with Gasteiger partial charge in [-0.15, -0.1) is 0 Å². The van der Waals surface area contributed by atoms with Crippen LogP contribution in [0.2, 0.25) is 0 Å². The Morgan fingerprint density at radius 2 is 2.00 bits per heavy atom. The van der Waals surface area contributed by atoms with E-state index in [1.807, 2.05) is 4.90 Å². The molecule has 0 radical (unpaired) electrons. The molecule has 0 spiro atoms. The minimum Gasteiger partial charge on any atom is -0.412 e. The van der Waals surface area contributed by atoms with Crippen molar-refractivity contribution in [3.63, 3.8) is 0 Å². The smallest absolute Gasteiger partial charge is 0.250 e. The molecule has 1 aromatic rings. The number of aromatic nitrogens is 1. The number of nitrogens with two attached hydrogens (primary N) is 1. The molecule has 6 nitrogen and oxygen atoms in total. The molecule has 2 heterocycles. The maximum absolute atomic E-state index is 12.7. The van der Waals surface area contributed by atoms with E-state index >= 15 is 0 Å². The first-order valence-corrected chi connectivity index (χ1v) is 7.34. The molecule has 0 aromatic carbocycles. The molecule has 0 bridgehead atoms. The van der Waals surface area contributed by atoms with Crippen molar-refractivity contribution in [2.75, 3.05) is 13.1 Å². The van der Waals surface area contributed by atoms with Crippen LogP contribution in [0.25, 0.3) is 6.08 Å². The number of nitrogens with zero attached hydrogens (tertiary/aromatic N) is 3. The Morgan fingerprint density at radius 3 is 2.61 bits per heavy atom. The summed E-state index contributed by atoms with van der Waals surface area (Å²) in [6.07, 6.45) is 5.61. The Hall–Kier alpha value is -1.52. The molecule has 0 aliphatic carbocycles. The average Bonchev–Trinajstić information content (AvgIpc) is 2.64. The van der Waals surface area contributed by atoms with Crippen molar-refractivity contribution in [1.29, 1.82) is 0 Å². The zero-order chi connectivity index (χ0) is 15.2. The number of hydrogen-bond acceptors (Lipinski definition) is 4. The summed E-state index contributed by atoms with van der Waals surface area (Å²) >= 11 is 0. The Kier molecular flexibility index (Phi) is 9.61. The van der Waals surface area contributed by atoms with Gasteiger partial charge >= 0.3 is 0 Å². The normalized spacial score (nSPS) is 12.6. The molecule has 1 amide bonds. The molecule has 0 unspecified atom stereocenters. The Bertz CT molecular complexity index is 581. The number of rotatable bonds is 5. The average molecular weight is 487 g/mol. The van der Waals surface area contributed by atoms with Gasteiger partial charge in [-0.25, -0.2) is 12.1 Å². The van der Waals surface area contributed by atoms with Gasteiger partial charge in [0, 0.05) is 51.8 Å². The van der Waals surface area contributed by atoms with Gasteiger partial charge < -0.3 is 21.1 Å². The van der Waals surface area contributed by atoms with E-state index in [4.69, 9.17) is 5.73 Å². The SMILES string of the molecule is CCCN(CCC)C(=O)C1=Cc2nc[c-]cc2N=C(N)C1.O.[W]. The fraction of sp³-hybridized carbons (Fsp3) is 0.438. The van der Waals surface area contributed by atoms with Gasteiger partial charge in [-0.05, 0) is 18.9 Å². The van der Waals surface area contributed by atoms with Gasteiger partial charge in [0.05, 0.1) is 5.84 Å². The van der Waals surface area contributed by atoms with E-state index in [1.165, 1.54) is 0 Å². The van der Waals surface area contributed by atoms with Crippen LogP contribution in [-0.4, -0.2) is 40.2 Å². The van der Waals surface area contributed by atoms with Crippen molar-refractivity contribution in [2.24, 2.45) is 10.7 Å². The molecular weight excluding hydrogens is 464 g/mol. The molecule has 7 heteroatoms. The fourth-order valence-corrected chi connectivity index (χ4v) is 2.36.